The van der Waals surface area contributed by atoms with E-state index in [4.69, 9.17) is 0 Å². The average Bonchev–Trinajstić information content (AvgIpc) is 2.80. The van der Waals surface area contributed by atoms with E-state index in [1.807, 2.05) is 0 Å². The van der Waals surface area contributed by atoms with Crippen molar-refractivity contribution >= 4 is 5.69 Å². The van der Waals surface area contributed by atoms with Gasteiger partial charge in [-0.1, -0.05) is 18.2 Å². The summed E-state index contributed by atoms with van der Waals surface area (Å²) in [6, 6.07) is 9.56. The van der Waals surface area contributed by atoms with Gasteiger partial charge in [-0.15, -0.1) is 0 Å². The normalized spacial score (nSPS) is 17.7. The van der Waals surface area contributed by atoms with Crippen LogP contribution >= 0.6 is 0 Å². The molecule has 1 aliphatic rings. The summed E-state index contributed by atoms with van der Waals surface area (Å²) in [6.07, 6.45) is -3.80. The predicted molar refractivity (Wildman–Crippen MR) is 67.9 cm³/mol. The Balaban J connectivity index is 1.89. The van der Waals surface area contributed by atoms with Crippen LogP contribution in [0.3, 0.4) is 0 Å². The largest absolute Gasteiger partial charge is 0.416 e. The van der Waals surface area contributed by atoms with E-state index in [1.54, 1.807) is 12.1 Å². The van der Waals surface area contributed by atoms with E-state index in [9.17, 15) is 17.6 Å². The van der Waals surface area contributed by atoms with Crippen molar-refractivity contribution in [1.82, 2.24) is 0 Å². The second-order valence-corrected chi connectivity index (χ2v) is 4.83. The summed E-state index contributed by atoms with van der Waals surface area (Å²) < 4.78 is 51.1. The number of hydrogen-bond donors (Lipinski definition) is 1. The van der Waals surface area contributed by atoms with Crippen LogP contribution in [-0.2, 0) is 12.6 Å². The van der Waals surface area contributed by atoms with Gasteiger partial charge in [0.2, 0.25) is 0 Å². The first-order valence-corrected chi connectivity index (χ1v) is 6.15. The molecule has 1 aliphatic heterocycles. The second-order valence-electron chi connectivity index (χ2n) is 4.83. The van der Waals surface area contributed by atoms with Crippen LogP contribution in [0.1, 0.15) is 22.7 Å². The van der Waals surface area contributed by atoms with Gasteiger partial charge in [-0.3, -0.25) is 0 Å². The molecule has 0 saturated carbocycles. The van der Waals surface area contributed by atoms with Gasteiger partial charge in [0.15, 0.2) is 0 Å². The van der Waals surface area contributed by atoms with E-state index in [2.05, 4.69) is 5.32 Å². The first-order valence-electron chi connectivity index (χ1n) is 6.15. The second kappa shape index (κ2) is 4.51. The van der Waals surface area contributed by atoms with Crippen molar-refractivity contribution in [2.24, 2.45) is 0 Å². The monoisotopic (exact) mass is 281 g/mol. The molecule has 0 amide bonds. The van der Waals surface area contributed by atoms with Crippen molar-refractivity contribution in [3.8, 4) is 0 Å². The van der Waals surface area contributed by atoms with Crippen molar-refractivity contribution < 1.29 is 17.6 Å². The topological polar surface area (TPSA) is 12.0 Å². The van der Waals surface area contributed by atoms with Crippen molar-refractivity contribution in [3.63, 3.8) is 0 Å². The number of benzene rings is 2. The molecule has 0 aromatic heterocycles. The van der Waals surface area contributed by atoms with E-state index in [0.29, 0.717) is 12.1 Å². The van der Waals surface area contributed by atoms with E-state index >= 15 is 0 Å². The molecule has 1 atom stereocenters. The molecule has 5 heteroatoms. The van der Waals surface area contributed by atoms with E-state index < -0.39 is 11.7 Å². The number of rotatable bonds is 1. The molecule has 3 rings (SSSR count). The Hall–Kier alpha value is -2.04. The van der Waals surface area contributed by atoms with Crippen LogP contribution in [0.2, 0.25) is 0 Å². The number of fused-ring (bicyclic) bond motifs is 1. The molecular formula is C15H11F4N. The minimum absolute atomic E-state index is 0.191. The van der Waals surface area contributed by atoms with Gasteiger partial charge in [0, 0.05) is 5.69 Å². The molecule has 0 bridgehead atoms. The summed E-state index contributed by atoms with van der Waals surface area (Å²) in [5, 5.41) is 3.02. The van der Waals surface area contributed by atoms with E-state index in [-0.39, 0.29) is 11.9 Å². The highest BCUT2D eigenvalue weighted by Crippen LogP contribution is 2.38. The maximum absolute atomic E-state index is 13.2. The maximum atomic E-state index is 13.2. The molecular weight excluding hydrogens is 270 g/mol. The minimum Gasteiger partial charge on any atom is -0.378 e. The molecule has 2 aromatic carbocycles. The summed E-state index contributed by atoms with van der Waals surface area (Å²) in [5.41, 5.74) is 1.33. The molecule has 1 heterocycles. The lowest BCUT2D eigenvalue weighted by atomic mass is 10.0. The molecule has 1 N–H and O–H groups in total. The number of anilines is 1. The van der Waals surface area contributed by atoms with Gasteiger partial charge < -0.3 is 5.32 Å². The van der Waals surface area contributed by atoms with Gasteiger partial charge in [-0.25, -0.2) is 4.39 Å². The van der Waals surface area contributed by atoms with Crippen LogP contribution in [-0.4, -0.2) is 0 Å². The summed E-state index contributed by atoms with van der Waals surface area (Å²) in [6.45, 7) is 0. The summed E-state index contributed by atoms with van der Waals surface area (Å²) in [4.78, 5) is 0. The van der Waals surface area contributed by atoms with Gasteiger partial charge in [0.25, 0.3) is 0 Å². The lowest BCUT2D eigenvalue weighted by Gasteiger charge is -2.12. The molecule has 0 fully saturated rings. The Labute approximate surface area is 113 Å². The van der Waals surface area contributed by atoms with Crippen molar-refractivity contribution in [1.29, 1.82) is 0 Å². The van der Waals surface area contributed by atoms with E-state index in [1.165, 1.54) is 18.2 Å². The number of hydrogen-bond acceptors (Lipinski definition) is 1. The van der Waals surface area contributed by atoms with E-state index in [0.717, 1.165) is 23.3 Å². The lowest BCUT2D eigenvalue weighted by Crippen LogP contribution is -2.07. The lowest BCUT2D eigenvalue weighted by molar-refractivity contribution is -0.137. The third-order valence-electron chi connectivity index (χ3n) is 3.44. The number of nitrogens with one attached hydrogen (secondary N) is 1. The molecule has 0 radical (unpaired) electrons. The standard InChI is InChI=1S/C15H11F4N/c16-12-3-1-2-9(6-12)13-7-10-4-5-11(15(17,18)19)8-14(10)20-13/h1-6,8,13,20H,7H2. The molecule has 20 heavy (non-hydrogen) atoms. The van der Waals surface area contributed by atoms with Crippen LogP contribution in [0.15, 0.2) is 42.5 Å². The highest BCUT2D eigenvalue weighted by atomic mass is 19.4. The first-order chi connectivity index (χ1) is 9.43. The molecule has 1 nitrogen and oxygen atoms in total. The van der Waals surface area contributed by atoms with Gasteiger partial charge in [0.1, 0.15) is 5.82 Å². The average molecular weight is 281 g/mol. The van der Waals surface area contributed by atoms with Gasteiger partial charge >= 0.3 is 6.18 Å². The zero-order chi connectivity index (χ0) is 14.3. The fourth-order valence-electron chi connectivity index (χ4n) is 2.45. The SMILES string of the molecule is Fc1cccc(C2Cc3ccc(C(F)(F)F)cc3N2)c1. The highest BCUT2D eigenvalue weighted by molar-refractivity contribution is 5.60. The number of halogens is 4. The molecule has 2 aromatic rings. The Kier molecular flexibility index (Phi) is 2.92. The van der Waals surface area contributed by atoms with Crippen LogP contribution in [0.4, 0.5) is 23.2 Å². The Morgan fingerprint density at radius 1 is 1.05 bits per heavy atom. The van der Waals surface area contributed by atoms with Crippen molar-refractivity contribution in [2.45, 2.75) is 18.6 Å². The zero-order valence-corrected chi connectivity index (χ0v) is 10.3. The van der Waals surface area contributed by atoms with Gasteiger partial charge in [-0.05, 0) is 41.8 Å². The Morgan fingerprint density at radius 2 is 1.85 bits per heavy atom. The smallest absolute Gasteiger partial charge is 0.378 e. The highest BCUT2D eigenvalue weighted by Gasteiger charge is 2.32. The molecule has 104 valence electrons. The van der Waals surface area contributed by atoms with Crippen LogP contribution in [0, 0.1) is 5.82 Å². The minimum atomic E-state index is -4.35. The van der Waals surface area contributed by atoms with Crippen LogP contribution < -0.4 is 5.32 Å². The molecule has 0 aliphatic carbocycles. The zero-order valence-electron chi connectivity index (χ0n) is 10.3. The van der Waals surface area contributed by atoms with Crippen LogP contribution in [0.5, 0.6) is 0 Å². The number of alkyl halides is 3. The Bertz CT molecular complexity index is 649. The molecule has 0 spiro atoms. The molecule has 0 saturated heterocycles. The maximum Gasteiger partial charge on any atom is 0.416 e. The van der Waals surface area contributed by atoms with Crippen LogP contribution in [0.25, 0.3) is 0 Å². The Morgan fingerprint density at radius 3 is 2.55 bits per heavy atom. The van der Waals surface area contributed by atoms with Gasteiger partial charge in [0.05, 0.1) is 11.6 Å². The third kappa shape index (κ3) is 2.35. The molecule has 1 unspecified atom stereocenters. The fraction of sp³-hybridized carbons (Fsp3) is 0.200. The van der Waals surface area contributed by atoms with Crippen molar-refractivity contribution in [2.75, 3.05) is 5.32 Å². The van der Waals surface area contributed by atoms with Crippen molar-refractivity contribution in [3.05, 3.63) is 65.0 Å². The predicted octanol–water partition coefficient (Wildman–Crippen LogP) is 4.55. The third-order valence-corrected chi connectivity index (χ3v) is 3.44. The summed E-state index contributed by atoms with van der Waals surface area (Å²) in [7, 11) is 0. The van der Waals surface area contributed by atoms with Gasteiger partial charge in [-0.2, -0.15) is 13.2 Å². The summed E-state index contributed by atoms with van der Waals surface area (Å²) >= 11 is 0. The quantitative estimate of drug-likeness (QED) is 0.756. The fourth-order valence-corrected chi connectivity index (χ4v) is 2.45. The summed E-state index contributed by atoms with van der Waals surface area (Å²) in [5.74, 6) is -0.351. The first kappa shape index (κ1) is 13.0.